The Morgan fingerprint density at radius 3 is 2.83 bits per heavy atom. The lowest BCUT2D eigenvalue weighted by atomic mass is 10.2. The SMILES string of the molecule is CCCN(c1nc2ccccn2c1C=O)C(C)C. The maximum absolute atomic E-state index is 11.3. The molecule has 2 aromatic heterocycles. The molecule has 0 saturated heterocycles. The maximum Gasteiger partial charge on any atom is 0.170 e. The monoisotopic (exact) mass is 245 g/mol. The van der Waals surface area contributed by atoms with Gasteiger partial charge in [-0.05, 0) is 32.4 Å². The number of hydrogen-bond donors (Lipinski definition) is 0. The summed E-state index contributed by atoms with van der Waals surface area (Å²) >= 11 is 0. The Hall–Kier alpha value is -1.84. The number of carbonyl (C=O) groups excluding carboxylic acids is 1. The van der Waals surface area contributed by atoms with Crippen molar-refractivity contribution in [3.05, 3.63) is 30.1 Å². The van der Waals surface area contributed by atoms with E-state index < -0.39 is 0 Å². The third kappa shape index (κ3) is 2.10. The predicted molar refractivity (Wildman–Crippen MR) is 73.4 cm³/mol. The van der Waals surface area contributed by atoms with Gasteiger partial charge in [0.1, 0.15) is 11.3 Å². The van der Waals surface area contributed by atoms with Crippen LogP contribution in [0.15, 0.2) is 24.4 Å². The van der Waals surface area contributed by atoms with Crippen LogP contribution in [0.4, 0.5) is 5.82 Å². The first-order chi connectivity index (χ1) is 8.69. The van der Waals surface area contributed by atoms with Crippen LogP contribution >= 0.6 is 0 Å². The van der Waals surface area contributed by atoms with E-state index in [4.69, 9.17) is 0 Å². The molecule has 2 aromatic rings. The number of nitrogens with zero attached hydrogens (tertiary/aromatic N) is 3. The zero-order valence-electron chi connectivity index (χ0n) is 11.1. The molecule has 0 fully saturated rings. The first-order valence-corrected chi connectivity index (χ1v) is 6.38. The smallest absolute Gasteiger partial charge is 0.170 e. The molecule has 96 valence electrons. The van der Waals surface area contributed by atoms with Crippen LogP contribution in [0, 0.1) is 0 Å². The van der Waals surface area contributed by atoms with E-state index in [1.165, 1.54) is 0 Å². The molecule has 0 bridgehead atoms. The van der Waals surface area contributed by atoms with Crippen LogP contribution < -0.4 is 4.90 Å². The minimum atomic E-state index is 0.327. The van der Waals surface area contributed by atoms with E-state index in [1.807, 2.05) is 28.8 Å². The number of pyridine rings is 1. The quantitative estimate of drug-likeness (QED) is 0.760. The van der Waals surface area contributed by atoms with Crippen LogP contribution in [-0.2, 0) is 0 Å². The van der Waals surface area contributed by atoms with E-state index in [0.29, 0.717) is 11.7 Å². The van der Waals surface area contributed by atoms with E-state index in [-0.39, 0.29) is 0 Å². The molecular weight excluding hydrogens is 226 g/mol. The highest BCUT2D eigenvalue weighted by Gasteiger charge is 2.19. The highest BCUT2D eigenvalue weighted by Crippen LogP contribution is 2.22. The van der Waals surface area contributed by atoms with Crippen molar-refractivity contribution in [1.29, 1.82) is 0 Å². The molecule has 0 aromatic carbocycles. The van der Waals surface area contributed by atoms with Crippen LogP contribution in [0.5, 0.6) is 0 Å². The first kappa shape index (κ1) is 12.6. The van der Waals surface area contributed by atoms with Gasteiger partial charge in [0.2, 0.25) is 0 Å². The van der Waals surface area contributed by atoms with Gasteiger partial charge in [0.25, 0.3) is 0 Å². The van der Waals surface area contributed by atoms with Crippen LogP contribution in [0.2, 0.25) is 0 Å². The number of aromatic nitrogens is 2. The Morgan fingerprint density at radius 1 is 1.44 bits per heavy atom. The minimum absolute atomic E-state index is 0.327. The van der Waals surface area contributed by atoms with Gasteiger partial charge in [-0.1, -0.05) is 13.0 Å². The molecule has 0 radical (unpaired) electrons. The number of carbonyl (C=O) groups is 1. The molecule has 4 heteroatoms. The van der Waals surface area contributed by atoms with Crippen molar-refractivity contribution in [2.24, 2.45) is 0 Å². The lowest BCUT2D eigenvalue weighted by Crippen LogP contribution is -2.32. The molecule has 0 unspecified atom stereocenters. The fourth-order valence-corrected chi connectivity index (χ4v) is 2.17. The average Bonchev–Trinajstić information content (AvgIpc) is 2.73. The van der Waals surface area contributed by atoms with Crippen LogP contribution in [-0.4, -0.2) is 28.3 Å². The van der Waals surface area contributed by atoms with E-state index in [1.54, 1.807) is 0 Å². The van der Waals surface area contributed by atoms with Gasteiger partial charge < -0.3 is 4.90 Å². The Balaban J connectivity index is 2.57. The van der Waals surface area contributed by atoms with Crippen molar-refractivity contribution in [2.45, 2.75) is 33.2 Å². The summed E-state index contributed by atoms with van der Waals surface area (Å²) in [5.74, 6) is 0.785. The normalized spacial score (nSPS) is 11.1. The predicted octanol–water partition coefficient (Wildman–Crippen LogP) is 2.77. The summed E-state index contributed by atoms with van der Waals surface area (Å²) in [6.07, 6.45) is 3.80. The number of rotatable bonds is 5. The van der Waals surface area contributed by atoms with Crippen molar-refractivity contribution < 1.29 is 4.79 Å². The fourth-order valence-electron chi connectivity index (χ4n) is 2.17. The fraction of sp³-hybridized carbons (Fsp3) is 0.429. The topological polar surface area (TPSA) is 37.6 Å². The summed E-state index contributed by atoms with van der Waals surface area (Å²) in [5, 5.41) is 0. The van der Waals surface area contributed by atoms with E-state index in [9.17, 15) is 4.79 Å². The van der Waals surface area contributed by atoms with E-state index >= 15 is 0 Å². The molecule has 18 heavy (non-hydrogen) atoms. The third-order valence-electron chi connectivity index (χ3n) is 3.02. The van der Waals surface area contributed by atoms with Gasteiger partial charge in [-0.15, -0.1) is 0 Å². The van der Waals surface area contributed by atoms with Crippen molar-refractivity contribution in [3.8, 4) is 0 Å². The molecule has 0 spiro atoms. The molecular formula is C14H19N3O. The number of fused-ring (bicyclic) bond motifs is 1. The molecule has 0 amide bonds. The molecule has 0 aliphatic carbocycles. The highest BCUT2D eigenvalue weighted by molar-refractivity contribution is 5.83. The van der Waals surface area contributed by atoms with Crippen LogP contribution in [0.1, 0.15) is 37.7 Å². The summed E-state index contributed by atoms with van der Waals surface area (Å²) in [7, 11) is 0. The van der Waals surface area contributed by atoms with Gasteiger partial charge in [0, 0.05) is 18.8 Å². The van der Waals surface area contributed by atoms with E-state index in [2.05, 4.69) is 30.7 Å². The van der Waals surface area contributed by atoms with Crippen molar-refractivity contribution >= 4 is 17.8 Å². The van der Waals surface area contributed by atoms with Gasteiger partial charge in [-0.25, -0.2) is 4.98 Å². The van der Waals surface area contributed by atoms with Gasteiger partial charge in [0.05, 0.1) is 0 Å². The van der Waals surface area contributed by atoms with Crippen molar-refractivity contribution in [2.75, 3.05) is 11.4 Å². The summed E-state index contributed by atoms with van der Waals surface area (Å²) in [6, 6.07) is 6.08. The summed E-state index contributed by atoms with van der Waals surface area (Å²) in [4.78, 5) is 18.1. The third-order valence-corrected chi connectivity index (χ3v) is 3.02. The zero-order chi connectivity index (χ0) is 13.1. The maximum atomic E-state index is 11.3. The molecule has 0 aliphatic rings. The molecule has 4 nitrogen and oxygen atoms in total. The zero-order valence-corrected chi connectivity index (χ0v) is 11.1. The lowest BCUT2D eigenvalue weighted by Gasteiger charge is -2.26. The Kier molecular flexibility index (Phi) is 3.65. The van der Waals surface area contributed by atoms with Gasteiger partial charge >= 0.3 is 0 Å². The minimum Gasteiger partial charge on any atom is -0.352 e. The molecule has 0 aliphatic heterocycles. The summed E-state index contributed by atoms with van der Waals surface area (Å²) in [5.41, 5.74) is 1.45. The first-order valence-electron chi connectivity index (χ1n) is 6.38. The van der Waals surface area contributed by atoms with Crippen LogP contribution in [0.3, 0.4) is 0 Å². The van der Waals surface area contributed by atoms with Crippen molar-refractivity contribution in [3.63, 3.8) is 0 Å². The highest BCUT2D eigenvalue weighted by atomic mass is 16.1. The average molecular weight is 245 g/mol. The molecule has 0 atom stereocenters. The molecule has 0 saturated carbocycles. The Labute approximate surface area is 107 Å². The van der Waals surface area contributed by atoms with Gasteiger partial charge in [-0.2, -0.15) is 0 Å². The van der Waals surface area contributed by atoms with Crippen molar-refractivity contribution in [1.82, 2.24) is 9.38 Å². The second kappa shape index (κ2) is 5.21. The Bertz CT molecular complexity index is 545. The number of anilines is 1. The van der Waals surface area contributed by atoms with E-state index in [0.717, 1.165) is 30.7 Å². The van der Waals surface area contributed by atoms with Gasteiger partial charge in [-0.3, -0.25) is 9.20 Å². The number of hydrogen-bond acceptors (Lipinski definition) is 3. The molecule has 2 rings (SSSR count). The standard InChI is InChI=1S/C14H19N3O/c1-4-8-16(11(2)3)14-12(10-18)17-9-6-5-7-13(17)15-14/h5-7,9-11H,4,8H2,1-3H3. The number of imidazole rings is 1. The second-order valence-electron chi connectivity index (χ2n) is 4.65. The number of aldehydes is 1. The second-order valence-corrected chi connectivity index (χ2v) is 4.65. The molecule has 2 heterocycles. The summed E-state index contributed by atoms with van der Waals surface area (Å²) < 4.78 is 1.84. The Morgan fingerprint density at radius 2 is 2.22 bits per heavy atom. The lowest BCUT2D eigenvalue weighted by molar-refractivity contribution is 0.111. The van der Waals surface area contributed by atoms with Gasteiger partial charge in [0.15, 0.2) is 12.1 Å². The van der Waals surface area contributed by atoms with Crippen LogP contribution in [0.25, 0.3) is 5.65 Å². The summed E-state index contributed by atoms with van der Waals surface area (Å²) in [6.45, 7) is 7.27. The molecule has 0 N–H and O–H groups in total. The largest absolute Gasteiger partial charge is 0.352 e.